The molecule has 0 aromatic carbocycles. The van der Waals surface area contributed by atoms with Crippen LogP contribution in [0.1, 0.15) is 20.8 Å². The minimum Gasteiger partial charge on any atom is -0.478 e. The highest BCUT2D eigenvalue weighted by Crippen LogP contribution is 2.04. The zero-order valence-electron chi connectivity index (χ0n) is 11.4. The van der Waals surface area contributed by atoms with Crippen LogP contribution in [0.2, 0.25) is 0 Å². The summed E-state index contributed by atoms with van der Waals surface area (Å²) in [6.07, 6.45) is 0. The SMILES string of the molecule is C/C(C(=O)O)=C(\C)C(=O)NC(=O)N(C)CC(C)C#N. The molecule has 1 atom stereocenters. The predicted octanol–water partition coefficient (Wildman–Crippen LogP) is 0.735. The van der Waals surface area contributed by atoms with Crippen molar-refractivity contribution >= 4 is 17.9 Å². The lowest BCUT2D eigenvalue weighted by molar-refractivity contribution is -0.133. The number of nitrogens with zero attached hydrogens (tertiary/aromatic N) is 2. The monoisotopic (exact) mass is 267 g/mol. The number of hydrogen-bond donors (Lipinski definition) is 2. The highest BCUT2D eigenvalue weighted by atomic mass is 16.4. The summed E-state index contributed by atoms with van der Waals surface area (Å²) in [7, 11) is 1.44. The molecular weight excluding hydrogens is 250 g/mol. The molecule has 0 bridgehead atoms. The van der Waals surface area contributed by atoms with Crippen molar-refractivity contribution in [1.82, 2.24) is 10.2 Å². The fourth-order valence-corrected chi connectivity index (χ4v) is 1.15. The highest BCUT2D eigenvalue weighted by molar-refractivity contribution is 6.07. The van der Waals surface area contributed by atoms with Gasteiger partial charge < -0.3 is 10.0 Å². The molecule has 0 aliphatic carbocycles. The standard InChI is InChI=1S/C12H17N3O4/c1-7(5-13)6-15(4)12(19)14-10(16)8(2)9(3)11(17)18/h7H,6H2,1-4H3,(H,17,18)(H,14,16,19)/b9-8-. The Labute approximate surface area is 111 Å². The van der Waals surface area contributed by atoms with Gasteiger partial charge in [-0.25, -0.2) is 9.59 Å². The molecule has 0 aromatic heterocycles. The third-order valence-corrected chi connectivity index (χ3v) is 2.56. The Morgan fingerprint density at radius 3 is 2.26 bits per heavy atom. The number of carboxylic acid groups (broad SMARTS) is 1. The summed E-state index contributed by atoms with van der Waals surface area (Å²) in [5.74, 6) is -2.34. The van der Waals surface area contributed by atoms with E-state index >= 15 is 0 Å². The molecule has 0 radical (unpaired) electrons. The summed E-state index contributed by atoms with van der Waals surface area (Å²) in [5.41, 5.74) is -0.166. The summed E-state index contributed by atoms with van der Waals surface area (Å²) in [4.78, 5) is 35.1. The second-order valence-corrected chi connectivity index (χ2v) is 4.23. The second-order valence-electron chi connectivity index (χ2n) is 4.23. The van der Waals surface area contributed by atoms with Gasteiger partial charge in [0, 0.05) is 24.7 Å². The van der Waals surface area contributed by atoms with E-state index in [2.05, 4.69) is 5.32 Å². The van der Waals surface area contributed by atoms with Crippen molar-refractivity contribution in [3.63, 3.8) is 0 Å². The molecule has 3 amide bonds. The Morgan fingerprint density at radius 2 is 1.84 bits per heavy atom. The molecule has 0 saturated heterocycles. The lowest BCUT2D eigenvalue weighted by Gasteiger charge is -2.18. The van der Waals surface area contributed by atoms with Crippen molar-refractivity contribution < 1.29 is 19.5 Å². The van der Waals surface area contributed by atoms with E-state index in [0.717, 1.165) is 0 Å². The van der Waals surface area contributed by atoms with Gasteiger partial charge in [0.2, 0.25) is 0 Å². The minimum atomic E-state index is -1.22. The molecule has 7 heteroatoms. The fraction of sp³-hybridized carbons (Fsp3) is 0.500. The first-order chi connectivity index (χ1) is 8.70. The van der Waals surface area contributed by atoms with Crippen LogP contribution in [0.4, 0.5) is 4.79 Å². The number of carboxylic acids is 1. The zero-order valence-corrected chi connectivity index (χ0v) is 11.4. The molecule has 0 heterocycles. The number of imide groups is 1. The van der Waals surface area contributed by atoms with Crippen molar-refractivity contribution in [2.24, 2.45) is 5.92 Å². The van der Waals surface area contributed by atoms with Gasteiger partial charge in [-0.3, -0.25) is 10.1 Å². The average molecular weight is 267 g/mol. The van der Waals surface area contributed by atoms with Crippen LogP contribution in [0.5, 0.6) is 0 Å². The molecule has 7 nitrogen and oxygen atoms in total. The van der Waals surface area contributed by atoms with Crippen LogP contribution < -0.4 is 5.32 Å². The van der Waals surface area contributed by atoms with Crippen molar-refractivity contribution in [2.75, 3.05) is 13.6 Å². The molecule has 0 fully saturated rings. The van der Waals surface area contributed by atoms with Crippen LogP contribution >= 0.6 is 0 Å². The number of nitrogens with one attached hydrogen (secondary N) is 1. The molecule has 0 saturated carbocycles. The summed E-state index contributed by atoms with van der Waals surface area (Å²) < 4.78 is 0. The van der Waals surface area contributed by atoms with Crippen molar-refractivity contribution in [3.05, 3.63) is 11.1 Å². The minimum absolute atomic E-state index is 0.0393. The average Bonchev–Trinajstić information content (AvgIpc) is 2.35. The largest absolute Gasteiger partial charge is 0.478 e. The highest BCUT2D eigenvalue weighted by Gasteiger charge is 2.18. The molecule has 0 spiro atoms. The lowest BCUT2D eigenvalue weighted by Crippen LogP contribution is -2.42. The van der Waals surface area contributed by atoms with Gasteiger partial charge >= 0.3 is 12.0 Å². The van der Waals surface area contributed by atoms with Crippen molar-refractivity contribution in [3.8, 4) is 6.07 Å². The van der Waals surface area contributed by atoms with Crippen LogP contribution in [0, 0.1) is 17.2 Å². The zero-order chi connectivity index (χ0) is 15.2. The number of amides is 3. The van der Waals surface area contributed by atoms with Crippen molar-refractivity contribution in [1.29, 1.82) is 5.26 Å². The van der Waals surface area contributed by atoms with E-state index < -0.39 is 17.9 Å². The van der Waals surface area contributed by atoms with E-state index in [1.165, 1.54) is 25.8 Å². The molecule has 1 unspecified atom stereocenters. The maximum atomic E-state index is 11.6. The van der Waals surface area contributed by atoms with Gasteiger partial charge in [0.05, 0.1) is 12.0 Å². The number of urea groups is 1. The van der Waals surface area contributed by atoms with Crippen LogP contribution in [0.15, 0.2) is 11.1 Å². The number of rotatable bonds is 4. The second kappa shape index (κ2) is 7.16. The molecule has 0 aromatic rings. The van der Waals surface area contributed by atoms with Gasteiger partial charge in [0.1, 0.15) is 0 Å². The Kier molecular flexibility index (Phi) is 6.27. The number of carbonyl (C=O) groups excluding carboxylic acids is 2. The Bertz CT molecular complexity index is 462. The molecule has 0 aliphatic rings. The predicted molar refractivity (Wildman–Crippen MR) is 67.0 cm³/mol. The molecule has 19 heavy (non-hydrogen) atoms. The first-order valence-corrected chi connectivity index (χ1v) is 5.57. The lowest BCUT2D eigenvalue weighted by atomic mass is 10.1. The molecular formula is C12H17N3O4. The number of carbonyl (C=O) groups is 3. The summed E-state index contributed by atoms with van der Waals surface area (Å²) in [5, 5.41) is 19.4. The summed E-state index contributed by atoms with van der Waals surface area (Å²) >= 11 is 0. The van der Waals surface area contributed by atoms with Gasteiger partial charge in [0.25, 0.3) is 5.91 Å². The van der Waals surface area contributed by atoms with E-state index in [1.807, 2.05) is 6.07 Å². The summed E-state index contributed by atoms with van der Waals surface area (Å²) in [6, 6.07) is 1.29. The van der Waals surface area contributed by atoms with E-state index in [-0.39, 0.29) is 23.6 Å². The molecule has 0 aliphatic heterocycles. The van der Waals surface area contributed by atoms with E-state index in [0.29, 0.717) is 0 Å². The van der Waals surface area contributed by atoms with Crippen LogP contribution in [0.3, 0.4) is 0 Å². The van der Waals surface area contributed by atoms with Crippen molar-refractivity contribution in [2.45, 2.75) is 20.8 Å². The van der Waals surface area contributed by atoms with Crippen LogP contribution in [-0.2, 0) is 9.59 Å². The third kappa shape index (κ3) is 5.21. The maximum Gasteiger partial charge on any atom is 0.331 e. The number of aliphatic carboxylic acids is 1. The van der Waals surface area contributed by atoms with Gasteiger partial charge in [0.15, 0.2) is 0 Å². The Hall–Kier alpha value is -2.36. The summed E-state index contributed by atoms with van der Waals surface area (Å²) in [6.45, 7) is 4.43. The third-order valence-electron chi connectivity index (χ3n) is 2.56. The number of nitriles is 1. The van der Waals surface area contributed by atoms with E-state index in [9.17, 15) is 14.4 Å². The number of hydrogen-bond acceptors (Lipinski definition) is 4. The van der Waals surface area contributed by atoms with Gasteiger partial charge in [-0.05, 0) is 20.8 Å². The Morgan fingerprint density at radius 1 is 1.32 bits per heavy atom. The first-order valence-electron chi connectivity index (χ1n) is 5.57. The van der Waals surface area contributed by atoms with Crippen LogP contribution in [-0.4, -0.2) is 41.5 Å². The smallest absolute Gasteiger partial charge is 0.331 e. The first kappa shape index (κ1) is 16.6. The van der Waals surface area contributed by atoms with Gasteiger partial charge in [-0.2, -0.15) is 5.26 Å². The quantitative estimate of drug-likeness (QED) is 0.730. The van der Waals surface area contributed by atoms with Gasteiger partial charge in [-0.15, -0.1) is 0 Å². The molecule has 2 N–H and O–H groups in total. The Balaban J connectivity index is 4.67. The topological polar surface area (TPSA) is 110 Å². The van der Waals surface area contributed by atoms with E-state index in [4.69, 9.17) is 10.4 Å². The molecule has 104 valence electrons. The van der Waals surface area contributed by atoms with E-state index in [1.54, 1.807) is 6.92 Å². The van der Waals surface area contributed by atoms with Crippen LogP contribution in [0.25, 0.3) is 0 Å². The fourth-order valence-electron chi connectivity index (χ4n) is 1.15. The maximum absolute atomic E-state index is 11.6. The normalized spacial score (nSPS) is 12.8. The van der Waals surface area contributed by atoms with Gasteiger partial charge in [-0.1, -0.05) is 0 Å². The molecule has 0 rings (SSSR count).